The second kappa shape index (κ2) is 5.69. The van der Waals surface area contributed by atoms with Gasteiger partial charge in [-0.25, -0.2) is 9.97 Å². The summed E-state index contributed by atoms with van der Waals surface area (Å²) in [6, 6.07) is 5.91. The molecule has 0 aliphatic carbocycles. The minimum atomic E-state index is 0.679. The summed E-state index contributed by atoms with van der Waals surface area (Å²) in [7, 11) is 3.94. The molecule has 0 unspecified atom stereocenters. The van der Waals surface area contributed by atoms with Gasteiger partial charge in [-0.2, -0.15) is 0 Å². The smallest absolute Gasteiger partial charge is 0.115 e. The number of benzene rings is 1. The maximum absolute atomic E-state index is 6.20. The van der Waals surface area contributed by atoms with E-state index in [0.29, 0.717) is 6.54 Å². The van der Waals surface area contributed by atoms with E-state index in [1.54, 1.807) is 12.4 Å². The summed E-state index contributed by atoms with van der Waals surface area (Å²) in [4.78, 5) is 9.92. The lowest BCUT2D eigenvalue weighted by molar-refractivity contribution is 1.05. The second-order valence-electron chi connectivity index (χ2n) is 4.16. The molecule has 1 heterocycles. The molecular weight excluding hydrogens is 248 g/mol. The van der Waals surface area contributed by atoms with E-state index in [2.05, 4.69) is 15.3 Å². The number of nitrogens with zero attached hydrogens (tertiary/aromatic N) is 3. The average Bonchev–Trinajstić information content (AvgIpc) is 2.37. The van der Waals surface area contributed by atoms with Crippen molar-refractivity contribution in [1.29, 1.82) is 0 Å². The first-order chi connectivity index (χ1) is 8.66. The van der Waals surface area contributed by atoms with Gasteiger partial charge in [-0.15, -0.1) is 0 Å². The summed E-state index contributed by atoms with van der Waals surface area (Å²) in [6.45, 7) is 0.679. The Morgan fingerprint density at radius 1 is 1.22 bits per heavy atom. The van der Waals surface area contributed by atoms with Gasteiger partial charge in [0.05, 0.1) is 10.7 Å². The Morgan fingerprint density at radius 2 is 1.94 bits per heavy atom. The van der Waals surface area contributed by atoms with E-state index in [1.807, 2.05) is 37.2 Å². The summed E-state index contributed by atoms with van der Waals surface area (Å²) in [5.41, 5.74) is 3.02. The van der Waals surface area contributed by atoms with Gasteiger partial charge in [-0.3, -0.25) is 0 Å². The van der Waals surface area contributed by atoms with Crippen molar-refractivity contribution in [2.45, 2.75) is 6.54 Å². The highest BCUT2D eigenvalue weighted by Gasteiger charge is 2.03. The zero-order valence-electron chi connectivity index (χ0n) is 10.4. The number of aromatic nitrogens is 2. The first-order valence-electron chi connectivity index (χ1n) is 5.61. The lowest BCUT2D eigenvalue weighted by Gasteiger charge is -2.15. The molecule has 2 aromatic rings. The molecule has 0 amide bonds. The normalized spacial score (nSPS) is 10.2. The van der Waals surface area contributed by atoms with Gasteiger partial charge in [0.2, 0.25) is 0 Å². The van der Waals surface area contributed by atoms with Crippen LogP contribution in [-0.4, -0.2) is 24.1 Å². The van der Waals surface area contributed by atoms with Crippen LogP contribution in [0, 0.1) is 0 Å². The molecule has 0 saturated carbocycles. The van der Waals surface area contributed by atoms with Crippen LogP contribution in [0.5, 0.6) is 0 Å². The fourth-order valence-electron chi connectivity index (χ4n) is 1.60. The fraction of sp³-hybridized carbons (Fsp3) is 0.231. The van der Waals surface area contributed by atoms with Crippen molar-refractivity contribution < 1.29 is 0 Å². The molecule has 0 bridgehead atoms. The van der Waals surface area contributed by atoms with Crippen LogP contribution in [0.1, 0.15) is 5.56 Å². The predicted molar refractivity (Wildman–Crippen MR) is 75.1 cm³/mol. The predicted octanol–water partition coefficient (Wildman–Crippen LogP) is 2.81. The standard InChI is InChI=1S/C13H15ClN4/c1-18(2)13-4-3-11(5-12(13)14)17-8-10-6-15-9-16-7-10/h3-7,9,17H,8H2,1-2H3. The number of rotatable bonds is 4. The van der Waals surface area contributed by atoms with Gasteiger partial charge in [0.25, 0.3) is 0 Å². The highest BCUT2D eigenvalue weighted by atomic mass is 35.5. The van der Waals surface area contributed by atoms with Crippen molar-refractivity contribution in [1.82, 2.24) is 9.97 Å². The molecular formula is C13H15ClN4. The van der Waals surface area contributed by atoms with E-state index in [1.165, 1.54) is 6.33 Å². The van der Waals surface area contributed by atoms with Crippen molar-refractivity contribution in [3.05, 3.63) is 47.5 Å². The van der Waals surface area contributed by atoms with Crippen LogP contribution in [0.25, 0.3) is 0 Å². The van der Waals surface area contributed by atoms with Gasteiger partial charge < -0.3 is 10.2 Å². The molecule has 18 heavy (non-hydrogen) atoms. The summed E-state index contributed by atoms with van der Waals surface area (Å²) in [5, 5.41) is 4.02. The molecule has 1 N–H and O–H groups in total. The molecule has 0 fully saturated rings. The monoisotopic (exact) mass is 262 g/mol. The lowest BCUT2D eigenvalue weighted by Crippen LogP contribution is -2.09. The van der Waals surface area contributed by atoms with Crippen LogP contribution in [0.15, 0.2) is 36.9 Å². The Bertz CT molecular complexity index is 514. The molecule has 0 aliphatic rings. The first kappa shape index (κ1) is 12.6. The molecule has 5 heteroatoms. The van der Waals surface area contributed by atoms with E-state index in [4.69, 9.17) is 11.6 Å². The van der Waals surface area contributed by atoms with Gasteiger partial charge in [0.1, 0.15) is 6.33 Å². The van der Waals surface area contributed by atoms with E-state index >= 15 is 0 Å². The van der Waals surface area contributed by atoms with E-state index in [0.717, 1.165) is 22.0 Å². The van der Waals surface area contributed by atoms with Crippen molar-refractivity contribution >= 4 is 23.0 Å². The van der Waals surface area contributed by atoms with Crippen molar-refractivity contribution in [2.75, 3.05) is 24.3 Å². The molecule has 1 aromatic carbocycles. The molecule has 94 valence electrons. The Labute approximate surface area is 112 Å². The summed E-state index contributed by atoms with van der Waals surface area (Å²) < 4.78 is 0. The summed E-state index contributed by atoms with van der Waals surface area (Å²) in [5.74, 6) is 0. The highest BCUT2D eigenvalue weighted by molar-refractivity contribution is 6.33. The third-order valence-electron chi connectivity index (χ3n) is 2.54. The third-order valence-corrected chi connectivity index (χ3v) is 2.84. The number of nitrogens with one attached hydrogen (secondary N) is 1. The third kappa shape index (κ3) is 3.11. The minimum absolute atomic E-state index is 0.679. The largest absolute Gasteiger partial charge is 0.381 e. The Kier molecular flexibility index (Phi) is 3.99. The van der Waals surface area contributed by atoms with E-state index in [-0.39, 0.29) is 0 Å². The summed E-state index contributed by atoms with van der Waals surface area (Å²) >= 11 is 6.20. The number of anilines is 2. The van der Waals surface area contributed by atoms with Crippen LogP contribution in [0.3, 0.4) is 0 Å². The lowest BCUT2D eigenvalue weighted by atomic mass is 10.2. The quantitative estimate of drug-likeness (QED) is 0.920. The van der Waals surface area contributed by atoms with Gasteiger partial charge in [0, 0.05) is 44.3 Å². The summed E-state index contributed by atoms with van der Waals surface area (Å²) in [6.07, 6.45) is 5.10. The van der Waals surface area contributed by atoms with Gasteiger partial charge >= 0.3 is 0 Å². The van der Waals surface area contributed by atoms with Crippen molar-refractivity contribution in [3.63, 3.8) is 0 Å². The molecule has 0 spiro atoms. The first-order valence-corrected chi connectivity index (χ1v) is 5.99. The molecule has 0 saturated heterocycles. The molecule has 2 rings (SSSR count). The average molecular weight is 263 g/mol. The van der Waals surface area contributed by atoms with Gasteiger partial charge in [-0.1, -0.05) is 11.6 Å². The van der Waals surface area contributed by atoms with Gasteiger partial charge in [-0.05, 0) is 18.2 Å². The number of hydrogen-bond donors (Lipinski definition) is 1. The second-order valence-corrected chi connectivity index (χ2v) is 4.57. The Morgan fingerprint density at radius 3 is 2.56 bits per heavy atom. The van der Waals surface area contributed by atoms with Crippen LogP contribution >= 0.6 is 11.6 Å². The topological polar surface area (TPSA) is 41.0 Å². The zero-order valence-corrected chi connectivity index (χ0v) is 11.1. The maximum Gasteiger partial charge on any atom is 0.115 e. The number of hydrogen-bond acceptors (Lipinski definition) is 4. The Hall–Kier alpha value is -1.81. The molecule has 4 nitrogen and oxygen atoms in total. The van der Waals surface area contributed by atoms with Crippen LogP contribution in [0.4, 0.5) is 11.4 Å². The van der Waals surface area contributed by atoms with E-state index < -0.39 is 0 Å². The van der Waals surface area contributed by atoms with Crippen LogP contribution < -0.4 is 10.2 Å². The van der Waals surface area contributed by atoms with Gasteiger partial charge in [0.15, 0.2) is 0 Å². The SMILES string of the molecule is CN(C)c1ccc(NCc2cncnc2)cc1Cl. The van der Waals surface area contributed by atoms with Crippen LogP contribution in [-0.2, 0) is 6.54 Å². The highest BCUT2D eigenvalue weighted by Crippen LogP contribution is 2.27. The fourth-order valence-corrected chi connectivity index (χ4v) is 1.95. The minimum Gasteiger partial charge on any atom is -0.381 e. The van der Waals surface area contributed by atoms with Crippen molar-refractivity contribution in [2.24, 2.45) is 0 Å². The van der Waals surface area contributed by atoms with E-state index in [9.17, 15) is 0 Å². The van der Waals surface area contributed by atoms with Crippen LogP contribution in [0.2, 0.25) is 5.02 Å². The molecule has 0 aliphatic heterocycles. The number of halogens is 1. The van der Waals surface area contributed by atoms with Crippen molar-refractivity contribution in [3.8, 4) is 0 Å². The molecule has 1 aromatic heterocycles. The zero-order chi connectivity index (χ0) is 13.0. The maximum atomic E-state index is 6.20. The molecule has 0 radical (unpaired) electrons. The Balaban J connectivity index is 2.05. The molecule has 0 atom stereocenters.